The molecule has 0 saturated carbocycles. The Morgan fingerprint density at radius 1 is 1.06 bits per heavy atom. The summed E-state index contributed by atoms with van der Waals surface area (Å²) in [6.45, 7) is 5.54. The van der Waals surface area contributed by atoms with Crippen LogP contribution >= 0.6 is 12.4 Å². The lowest BCUT2D eigenvalue weighted by atomic mass is 9.85. The molecule has 2 heteroatoms. The molecular weight excluding hydrogens is 230 g/mol. The topological polar surface area (TPSA) is 12.0 Å². The predicted molar refractivity (Wildman–Crippen MR) is 75.8 cm³/mol. The summed E-state index contributed by atoms with van der Waals surface area (Å²) in [4.78, 5) is 0. The molecule has 0 aliphatic carbocycles. The molecule has 17 heavy (non-hydrogen) atoms. The monoisotopic (exact) mass is 247 g/mol. The highest BCUT2D eigenvalue weighted by Crippen LogP contribution is 2.29. The molecule has 0 spiro atoms. The molecule has 1 N–H and O–H groups in total. The smallest absolute Gasteiger partial charge is 0.0213 e. The molecule has 1 heterocycles. The largest absolute Gasteiger partial charge is 0.307 e. The summed E-state index contributed by atoms with van der Waals surface area (Å²) in [5.41, 5.74) is 3.21. The van der Waals surface area contributed by atoms with Crippen LogP contribution in [-0.4, -0.2) is 5.54 Å². The minimum atomic E-state index is 0. The molecule has 3 rings (SSSR count). The van der Waals surface area contributed by atoms with Gasteiger partial charge in [-0.15, -0.1) is 12.4 Å². The summed E-state index contributed by atoms with van der Waals surface area (Å²) in [5.74, 6) is 0. The highest BCUT2D eigenvalue weighted by molar-refractivity contribution is 5.87. The average molecular weight is 248 g/mol. The van der Waals surface area contributed by atoms with Crippen LogP contribution in [0.15, 0.2) is 36.4 Å². The van der Waals surface area contributed by atoms with Gasteiger partial charge >= 0.3 is 0 Å². The minimum Gasteiger partial charge on any atom is -0.307 e. The molecule has 90 valence electrons. The van der Waals surface area contributed by atoms with Crippen molar-refractivity contribution in [2.24, 2.45) is 0 Å². The van der Waals surface area contributed by atoms with Gasteiger partial charge in [0.05, 0.1) is 0 Å². The molecule has 0 atom stereocenters. The summed E-state index contributed by atoms with van der Waals surface area (Å²) in [6, 6.07) is 13.2. The third-order valence-electron chi connectivity index (χ3n) is 3.51. The normalized spacial score (nSPS) is 17.3. The van der Waals surface area contributed by atoms with Gasteiger partial charge in [-0.25, -0.2) is 0 Å². The number of benzene rings is 2. The van der Waals surface area contributed by atoms with E-state index >= 15 is 0 Å². The third kappa shape index (κ3) is 2.18. The Morgan fingerprint density at radius 2 is 1.82 bits per heavy atom. The molecule has 0 saturated heterocycles. The first kappa shape index (κ1) is 12.4. The molecule has 2 aromatic rings. The molecule has 0 aromatic heterocycles. The van der Waals surface area contributed by atoms with Crippen molar-refractivity contribution in [3.63, 3.8) is 0 Å². The maximum absolute atomic E-state index is 3.58. The zero-order chi connectivity index (χ0) is 11.2. The maximum atomic E-state index is 3.58. The Balaban J connectivity index is 0.00000108. The van der Waals surface area contributed by atoms with Gasteiger partial charge in [0.15, 0.2) is 0 Å². The van der Waals surface area contributed by atoms with Gasteiger partial charge in [-0.2, -0.15) is 0 Å². The first-order valence-corrected chi connectivity index (χ1v) is 5.90. The average Bonchev–Trinajstić information content (AvgIpc) is 2.28. The van der Waals surface area contributed by atoms with Gasteiger partial charge in [-0.1, -0.05) is 36.4 Å². The van der Waals surface area contributed by atoms with E-state index in [0.717, 1.165) is 13.0 Å². The van der Waals surface area contributed by atoms with E-state index in [0.29, 0.717) is 0 Å². The van der Waals surface area contributed by atoms with Crippen LogP contribution in [-0.2, 0) is 13.0 Å². The Kier molecular flexibility index (Phi) is 3.15. The molecule has 0 bridgehead atoms. The van der Waals surface area contributed by atoms with E-state index in [2.05, 4.69) is 55.6 Å². The number of fused-ring (bicyclic) bond motifs is 3. The van der Waals surface area contributed by atoms with E-state index in [1.54, 1.807) is 0 Å². The van der Waals surface area contributed by atoms with Gasteiger partial charge in [0.25, 0.3) is 0 Å². The Hall–Kier alpha value is -1.05. The number of nitrogens with one attached hydrogen (secondary N) is 1. The molecule has 0 amide bonds. The second-order valence-corrected chi connectivity index (χ2v) is 5.34. The zero-order valence-electron chi connectivity index (χ0n) is 10.3. The molecule has 0 fully saturated rings. The van der Waals surface area contributed by atoms with Gasteiger partial charge in [0.2, 0.25) is 0 Å². The fourth-order valence-electron chi connectivity index (χ4n) is 2.59. The van der Waals surface area contributed by atoms with Crippen LogP contribution in [0.3, 0.4) is 0 Å². The van der Waals surface area contributed by atoms with Gasteiger partial charge in [-0.05, 0) is 42.2 Å². The van der Waals surface area contributed by atoms with Crippen molar-refractivity contribution in [2.45, 2.75) is 32.4 Å². The molecule has 0 unspecified atom stereocenters. The van der Waals surface area contributed by atoms with Crippen LogP contribution in [0, 0.1) is 0 Å². The summed E-state index contributed by atoms with van der Waals surface area (Å²) in [7, 11) is 0. The van der Waals surface area contributed by atoms with Crippen LogP contribution in [0.25, 0.3) is 10.8 Å². The van der Waals surface area contributed by atoms with E-state index < -0.39 is 0 Å². The summed E-state index contributed by atoms with van der Waals surface area (Å²) < 4.78 is 0. The Bertz CT molecular complexity index is 546. The SMILES string of the molecule is CC1(C)Cc2c(ccc3ccccc23)CN1.Cl. The Morgan fingerprint density at radius 3 is 2.65 bits per heavy atom. The van der Waals surface area contributed by atoms with Crippen molar-refractivity contribution < 1.29 is 0 Å². The Labute approximate surface area is 109 Å². The van der Waals surface area contributed by atoms with Gasteiger partial charge in [-0.3, -0.25) is 0 Å². The number of hydrogen-bond acceptors (Lipinski definition) is 1. The second kappa shape index (κ2) is 4.32. The van der Waals surface area contributed by atoms with Crippen LogP contribution in [0.2, 0.25) is 0 Å². The third-order valence-corrected chi connectivity index (χ3v) is 3.51. The molecule has 0 radical (unpaired) electrons. The van der Waals surface area contributed by atoms with Crippen molar-refractivity contribution in [1.82, 2.24) is 5.32 Å². The summed E-state index contributed by atoms with van der Waals surface area (Å²) in [5, 5.41) is 6.36. The minimum absolute atomic E-state index is 0. The molecule has 1 nitrogen and oxygen atoms in total. The zero-order valence-corrected chi connectivity index (χ0v) is 11.1. The molecule has 1 aliphatic rings. The fourth-order valence-corrected chi connectivity index (χ4v) is 2.59. The maximum Gasteiger partial charge on any atom is 0.0213 e. The van der Waals surface area contributed by atoms with E-state index in [-0.39, 0.29) is 17.9 Å². The van der Waals surface area contributed by atoms with Crippen molar-refractivity contribution in [3.05, 3.63) is 47.5 Å². The lowest BCUT2D eigenvalue weighted by molar-refractivity contribution is 0.364. The van der Waals surface area contributed by atoms with E-state index in [4.69, 9.17) is 0 Å². The van der Waals surface area contributed by atoms with Crippen molar-refractivity contribution in [1.29, 1.82) is 0 Å². The van der Waals surface area contributed by atoms with Crippen LogP contribution in [0.1, 0.15) is 25.0 Å². The van der Waals surface area contributed by atoms with Gasteiger partial charge < -0.3 is 5.32 Å². The van der Waals surface area contributed by atoms with E-state index in [1.165, 1.54) is 21.9 Å². The van der Waals surface area contributed by atoms with Crippen LogP contribution < -0.4 is 5.32 Å². The van der Waals surface area contributed by atoms with E-state index in [1.807, 2.05) is 0 Å². The fraction of sp³-hybridized carbons (Fsp3) is 0.333. The first-order chi connectivity index (χ1) is 7.66. The summed E-state index contributed by atoms with van der Waals surface area (Å²) in [6.07, 6.45) is 1.11. The summed E-state index contributed by atoms with van der Waals surface area (Å²) >= 11 is 0. The highest BCUT2D eigenvalue weighted by atomic mass is 35.5. The van der Waals surface area contributed by atoms with Gasteiger partial charge in [0.1, 0.15) is 0 Å². The predicted octanol–water partition coefficient (Wildman–Crippen LogP) is 3.69. The van der Waals surface area contributed by atoms with Crippen LogP contribution in [0.5, 0.6) is 0 Å². The molecule has 1 aliphatic heterocycles. The van der Waals surface area contributed by atoms with Crippen molar-refractivity contribution >= 4 is 23.2 Å². The first-order valence-electron chi connectivity index (χ1n) is 5.90. The lowest BCUT2D eigenvalue weighted by Crippen LogP contribution is -2.44. The van der Waals surface area contributed by atoms with Crippen molar-refractivity contribution in [2.75, 3.05) is 0 Å². The molecular formula is C15H18ClN. The van der Waals surface area contributed by atoms with Crippen molar-refractivity contribution in [3.8, 4) is 0 Å². The highest BCUT2D eigenvalue weighted by Gasteiger charge is 2.25. The van der Waals surface area contributed by atoms with Gasteiger partial charge in [0, 0.05) is 12.1 Å². The number of halogens is 1. The van der Waals surface area contributed by atoms with E-state index in [9.17, 15) is 0 Å². The second-order valence-electron chi connectivity index (χ2n) is 5.34. The number of hydrogen-bond donors (Lipinski definition) is 1. The quantitative estimate of drug-likeness (QED) is 0.749. The van der Waals surface area contributed by atoms with Crippen LogP contribution in [0.4, 0.5) is 0 Å². The standard InChI is InChI=1S/C15H17N.ClH/c1-15(2)9-14-12(10-16-15)8-7-11-5-3-4-6-13(11)14;/h3-8,16H,9-10H2,1-2H3;1H. The molecule has 2 aromatic carbocycles. The number of rotatable bonds is 0. The lowest BCUT2D eigenvalue weighted by Gasteiger charge is -2.33.